The minimum absolute atomic E-state index is 0.0223. The number of halogens is 2. The summed E-state index contributed by atoms with van der Waals surface area (Å²) in [4.78, 5) is 65.1. The van der Waals surface area contributed by atoms with Gasteiger partial charge in [0.2, 0.25) is 11.8 Å². The number of hydrogen-bond donors (Lipinski definition) is 2. The SMILES string of the molecule is O=C(O)CCCN1C(=O)C2CC=C3C(c4cc(Br)ccc4O)C4=C(CC3C2C1=O)C(=O)C(Br)=CC4=O. The van der Waals surface area contributed by atoms with Crippen molar-refractivity contribution in [1.82, 2.24) is 4.90 Å². The molecule has 0 saturated carbocycles. The van der Waals surface area contributed by atoms with E-state index in [1.54, 1.807) is 12.1 Å². The highest BCUT2D eigenvalue weighted by atomic mass is 79.9. The van der Waals surface area contributed by atoms with E-state index in [1.165, 1.54) is 12.1 Å². The summed E-state index contributed by atoms with van der Waals surface area (Å²) >= 11 is 6.60. The van der Waals surface area contributed by atoms with Gasteiger partial charge in [0.25, 0.3) is 0 Å². The molecule has 1 heterocycles. The largest absolute Gasteiger partial charge is 0.508 e. The lowest BCUT2D eigenvalue weighted by Gasteiger charge is -2.42. The standard InChI is InChI=1S/C26H21Br2NO7/c27-11-3-6-18(30)15(8-11)21-12-4-5-13-22(26(36)29(25(13)35)7-1-2-20(32)33)14(12)9-16-23(21)19(31)10-17(28)24(16)34/h3-4,6,8,10,13-14,21-22,30H,1-2,5,7,9H2,(H,32,33). The molecule has 10 heteroatoms. The lowest BCUT2D eigenvalue weighted by Crippen LogP contribution is -2.39. The Bertz CT molecular complexity index is 1340. The second-order valence-corrected chi connectivity index (χ2v) is 11.2. The smallest absolute Gasteiger partial charge is 0.303 e. The number of imide groups is 1. The van der Waals surface area contributed by atoms with E-state index in [0.717, 1.165) is 10.5 Å². The van der Waals surface area contributed by atoms with Gasteiger partial charge in [-0.2, -0.15) is 0 Å². The summed E-state index contributed by atoms with van der Waals surface area (Å²) in [5, 5.41) is 19.7. The first-order valence-corrected chi connectivity index (χ1v) is 13.1. The second kappa shape index (κ2) is 9.23. The van der Waals surface area contributed by atoms with Gasteiger partial charge < -0.3 is 10.2 Å². The molecule has 3 aliphatic carbocycles. The van der Waals surface area contributed by atoms with Crippen LogP contribution in [-0.4, -0.2) is 51.0 Å². The normalized spacial score (nSPS) is 27.4. The molecule has 2 N–H and O–H groups in total. The molecule has 0 radical (unpaired) electrons. The molecule has 186 valence electrons. The zero-order chi connectivity index (χ0) is 25.9. The molecule has 4 aliphatic rings. The number of aromatic hydroxyl groups is 1. The van der Waals surface area contributed by atoms with Crippen LogP contribution in [0.4, 0.5) is 0 Å². The van der Waals surface area contributed by atoms with Crippen LogP contribution in [0.2, 0.25) is 0 Å². The Kier molecular flexibility index (Phi) is 6.36. The van der Waals surface area contributed by atoms with Crippen LogP contribution < -0.4 is 0 Å². The average molecular weight is 619 g/mol. The predicted octanol–water partition coefficient (Wildman–Crippen LogP) is 3.78. The second-order valence-electron chi connectivity index (χ2n) is 9.42. The first-order chi connectivity index (χ1) is 17.1. The van der Waals surface area contributed by atoms with Crippen LogP contribution in [0.1, 0.15) is 37.2 Å². The highest BCUT2D eigenvalue weighted by molar-refractivity contribution is 9.12. The molecular formula is C26H21Br2NO7. The summed E-state index contributed by atoms with van der Waals surface area (Å²) < 4.78 is 0.810. The molecule has 0 bridgehead atoms. The lowest BCUT2D eigenvalue weighted by molar-refractivity contribution is -0.142. The van der Waals surface area contributed by atoms with Crippen molar-refractivity contribution in [2.24, 2.45) is 17.8 Å². The van der Waals surface area contributed by atoms with Crippen molar-refractivity contribution in [3.63, 3.8) is 0 Å². The molecule has 1 aliphatic heterocycles. The van der Waals surface area contributed by atoms with Gasteiger partial charge in [-0.25, -0.2) is 0 Å². The molecule has 5 rings (SSSR count). The van der Waals surface area contributed by atoms with Gasteiger partial charge in [-0.05, 0) is 59.3 Å². The summed E-state index contributed by atoms with van der Waals surface area (Å²) in [6, 6.07) is 4.87. The number of carbonyl (C=O) groups excluding carboxylic acids is 4. The number of likely N-dealkylation sites (tertiary alicyclic amines) is 1. The number of phenols is 1. The van der Waals surface area contributed by atoms with Crippen LogP contribution in [-0.2, 0) is 24.0 Å². The Morgan fingerprint density at radius 2 is 1.83 bits per heavy atom. The lowest BCUT2D eigenvalue weighted by atomic mass is 9.59. The number of carbonyl (C=O) groups is 5. The number of phenolic OH excluding ortho intramolecular Hbond substituents is 1. The number of aliphatic carboxylic acids is 1. The Labute approximate surface area is 223 Å². The Balaban J connectivity index is 1.60. The number of ketones is 2. The molecule has 36 heavy (non-hydrogen) atoms. The minimum atomic E-state index is -1.00. The highest BCUT2D eigenvalue weighted by Crippen LogP contribution is 2.56. The number of allylic oxidation sites excluding steroid dienone is 6. The third-order valence-electron chi connectivity index (χ3n) is 7.50. The first kappa shape index (κ1) is 24.8. The molecule has 1 fully saturated rings. The van der Waals surface area contributed by atoms with Crippen molar-refractivity contribution < 1.29 is 34.2 Å². The predicted molar refractivity (Wildman–Crippen MR) is 134 cm³/mol. The molecule has 0 spiro atoms. The molecular weight excluding hydrogens is 598 g/mol. The van der Waals surface area contributed by atoms with Crippen molar-refractivity contribution in [3.8, 4) is 5.75 Å². The number of amides is 2. The van der Waals surface area contributed by atoms with E-state index in [2.05, 4.69) is 31.9 Å². The van der Waals surface area contributed by atoms with Gasteiger partial charge in [0.1, 0.15) is 5.75 Å². The monoisotopic (exact) mass is 617 g/mol. The minimum Gasteiger partial charge on any atom is -0.508 e. The van der Waals surface area contributed by atoms with Gasteiger partial charge in [0.15, 0.2) is 11.6 Å². The number of fused-ring (bicyclic) bond motifs is 3. The van der Waals surface area contributed by atoms with Gasteiger partial charge in [-0.1, -0.05) is 27.6 Å². The summed E-state index contributed by atoms with van der Waals surface area (Å²) in [5.41, 5.74) is 1.75. The van der Waals surface area contributed by atoms with E-state index in [9.17, 15) is 29.1 Å². The first-order valence-electron chi connectivity index (χ1n) is 11.5. The Morgan fingerprint density at radius 3 is 2.56 bits per heavy atom. The number of benzene rings is 1. The quantitative estimate of drug-likeness (QED) is 0.292. The fourth-order valence-electron chi connectivity index (χ4n) is 5.99. The molecule has 1 aromatic rings. The molecule has 8 nitrogen and oxygen atoms in total. The number of nitrogens with zero attached hydrogens (tertiary/aromatic N) is 1. The van der Waals surface area contributed by atoms with Crippen molar-refractivity contribution in [1.29, 1.82) is 0 Å². The van der Waals surface area contributed by atoms with Crippen LogP contribution in [0.3, 0.4) is 0 Å². The third kappa shape index (κ3) is 3.91. The molecule has 4 atom stereocenters. The summed E-state index contributed by atoms with van der Waals surface area (Å²) in [5.74, 6) is -5.03. The number of carboxylic acids is 1. The van der Waals surface area contributed by atoms with Crippen LogP contribution in [0.25, 0.3) is 0 Å². The van der Waals surface area contributed by atoms with Gasteiger partial charge in [-0.3, -0.25) is 28.9 Å². The number of hydrogen-bond acceptors (Lipinski definition) is 6. The molecule has 4 unspecified atom stereocenters. The third-order valence-corrected chi connectivity index (χ3v) is 8.58. The maximum Gasteiger partial charge on any atom is 0.303 e. The van der Waals surface area contributed by atoms with E-state index < -0.39 is 29.6 Å². The summed E-state index contributed by atoms with van der Waals surface area (Å²) in [6.45, 7) is 0.0223. The number of rotatable bonds is 5. The number of carboxylic acid groups (broad SMARTS) is 1. The van der Waals surface area contributed by atoms with Crippen molar-refractivity contribution in [3.05, 3.63) is 61.6 Å². The van der Waals surface area contributed by atoms with Crippen molar-refractivity contribution >= 4 is 61.2 Å². The molecule has 0 aromatic heterocycles. The zero-order valence-electron chi connectivity index (χ0n) is 18.9. The summed E-state index contributed by atoms with van der Waals surface area (Å²) in [7, 11) is 0. The van der Waals surface area contributed by atoms with Crippen molar-refractivity contribution in [2.45, 2.75) is 31.6 Å². The Morgan fingerprint density at radius 1 is 1.08 bits per heavy atom. The zero-order valence-corrected chi connectivity index (χ0v) is 22.0. The molecule has 2 amide bonds. The highest BCUT2D eigenvalue weighted by Gasteiger charge is 2.56. The van der Waals surface area contributed by atoms with Crippen LogP contribution in [0, 0.1) is 17.8 Å². The van der Waals surface area contributed by atoms with Gasteiger partial charge in [0.05, 0.1) is 16.3 Å². The molecule has 1 aromatic carbocycles. The van der Waals surface area contributed by atoms with Crippen molar-refractivity contribution in [2.75, 3.05) is 6.54 Å². The van der Waals surface area contributed by atoms with E-state index in [4.69, 9.17) is 5.11 Å². The van der Waals surface area contributed by atoms with E-state index in [0.29, 0.717) is 10.0 Å². The molecule has 1 saturated heterocycles. The van der Waals surface area contributed by atoms with Gasteiger partial charge in [0, 0.05) is 46.1 Å². The maximum absolute atomic E-state index is 13.5. The van der Waals surface area contributed by atoms with E-state index in [1.807, 2.05) is 6.08 Å². The van der Waals surface area contributed by atoms with Gasteiger partial charge >= 0.3 is 5.97 Å². The topological polar surface area (TPSA) is 129 Å². The van der Waals surface area contributed by atoms with Gasteiger partial charge in [-0.15, -0.1) is 0 Å². The maximum atomic E-state index is 13.5. The number of Topliss-reactive ketones (excluding diaryl/α,β-unsaturated/α-hetero) is 1. The van der Waals surface area contributed by atoms with E-state index >= 15 is 0 Å². The summed E-state index contributed by atoms with van der Waals surface area (Å²) in [6.07, 6.45) is 3.53. The van der Waals surface area contributed by atoms with Crippen LogP contribution >= 0.6 is 31.9 Å². The van der Waals surface area contributed by atoms with Crippen LogP contribution in [0.5, 0.6) is 5.75 Å². The average Bonchev–Trinajstić information content (AvgIpc) is 3.07. The Hall–Kier alpha value is -2.85. The van der Waals surface area contributed by atoms with Crippen LogP contribution in [0.15, 0.2) is 56.0 Å². The fraction of sp³-hybridized carbons (Fsp3) is 0.346. The van der Waals surface area contributed by atoms with E-state index in [-0.39, 0.29) is 77.0 Å². The fourth-order valence-corrected chi connectivity index (χ4v) is 6.82.